The molecule has 0 aromatic carbocycles. The molecule has 2 fully saturated rings. The average Bonchev–Trinajstić information content (AvgIpc) is 0.825. The third kappa shape index (κ3) is 23.6. The van der Waals surface area contributed by atoms with Crippen LogP contribution >= 0.6 is 0 Å². The first-order valence-corrected chi connectivity index (χ1v) is 34.8. The number of likely N-dealkylation sites (N-methyl/N-ethyl adjacent to an activating group) is 7. The molecule has 0 saturated carbocycles. The summed E-state index contributed by atoms with van der Waals surface area (Å²) in [5, 5.41) is 23.5. The summed E-state index contributed by atoms with van der Waals surface area (Å²) in [6.45, 7) is 34.4. The number of amides is 11. The van der Waals surface area contributed by atoms with Crippen molar-refractivity contribution in [2.45, 2.75) is 235 Å². The summed E-state index contributed by atoms with van der Waals surface area (Å²) in [5.41, 5.74) is 0. The first kappa shape index (κ1) is 85.1. The maximum Gasteiger partial charge on any atom is 0.246 e. The van der Waals surface area contributed by atoms with Gasteiger partial charge in [0.05, 0.1) is 12.7 Å². The first-order chi connectivity index (χ1) is 44.1. The summed E-state index contributed by atoms with van der Waals surface area (Å²) in [6.07, 6.45) is 0.948. The lowest BCUT2D eigenvalue weighted by Gasteiger charge is -2.42. The number of nitrogens with zero attached hydrogens (tertiary/aromatic N) is 9. The van der Waals surface area contributed by atoms with Crippen LogP contribution < -0.4 is 21.3 Å². The van der Waals surface area contributed by atoms with Crippen molar-refractivity contribution in [2.75, 3.05) is 102 Å². The van der Waals surface area contributed by atoms with Crippen molar-refractivity contribution in [1.29, 1.82) is 0 Å². The van der Waals surface area contributed by atoms with Crippen molar-refractivity contribution in [3.63, 3.8) is 0 Å². The predicted octanol–water partition coefficient (Wildman–Crippen LogP) is 2.74. The minimum atomic E-state index is -1.60. The molecule has 546 valence electrons. The van der Waals surface area contributed by atoms with E-state index in [1.165, 1.54) is 99.5 Å². The highest BCUT2D eigenvalue weighted by Crippen LogP contribution is 2.27. The number of aliphatic hydroxyl groups is 1. The second-order valence-corrected chi connectivity index (χ2v) is 29.2. The second-order valence-electron chi connectivity index (χ2n) is 29.2. The number of carbonyl (C=O) groups excluding carboxylic acids is 11. The van der Waals surface area contributed by atoms with Crippen LogP contribution in [-0.4, -0.2) is 289 Å². The zero-order valence-electron chi connectivity index (χ0n) is 62.7. The summed E-state index contributed by atoms with van der Waals surface area (Å²) >= 11 is 0. The van der Waals surface area contributed by atoms with Crippen molar-refractivity contribution in [3.05, 3.63) is 0 Å². The number of aliphatic hydroxyl groups excluding tert-OH is 1. The number of ether oxygens (including phenoxy) is 1. The van der Waals surface area contributed by atoms with Crippen molar-refractivity contribution in [3.8, 4) is 0 Å². The van der Waals surface area contributed by atoms with Crippen LogP contribution in [0.1, 0.15) is 163 Å². The Morgan fingerprint density at radius 1 is 0.463 bits per heavy atom. The molecule has 2 aliphatic rings. The molecule has 11 amide bonds. The number of nitrogens with one attached hydrogen (secondary N) is 4. The highest BCUT2D eigenvalue weighted by molar-refractivity contribution is 6.00. The lowest BCUT2D eigenvalue weighted by atomic mass is 9.90. The van der Waals surface area contributed by atoms with Crippen LogP contribution in [-0.2, 0) is 57.5 Å². The van der Waals surface area contributed by atoms with Crippen LogP contribution in [0, 0.1) is 41.4 Å². The van der Waals surface area contributed by atoms with Crippen molar-refractivity contribution in [1.82, 2.24) is 65.4 Å². The van der Waals surface area contributed by atoms with Crippen LogP contribution in [0.5, 0.6) is 0 Å². The van der Waals surface area contributed by atoms with E-state index in [2.05, 4.69) is 31.1 Å². The molecule has 0 unspecified atom stereocenters. The molecule has 0 spiro atoms. The summed E-state index contributed by atoms with van der Waals surface area (Å²) in [7, 11) is 11.7. The number of rotatable bonds is 20. The largest absolute Gasteiger partial charge is 0.390 e. The van der Waals surface area contributed by atoms with Gasteiger partial charge >= 0.3 is 0 Å². The Kier molecular flexibility index (Phi) is 35.3. The molecule has 0 bridgehead atoms. The van der Waals surface area contributed by atoms with E-state index in [1.807, 2.05) is 55.4 Å². The zero-order chi connectivity index (χ0) is 73.0. The van der Waals surface area contributed by atoms with Gasteiger partial charge in [0.1, 0.15) is 66.5 Å². The summed E-state index contributed by atoms with van der Waals surface area (Å²) < 4.78 is 5.32. The normalized spacial score (nSPS) is 27.7. The molecular weight excluding hydrogens is 1220 g/mol. The molecule has 26 nitrogen and oxygen atoms in total. The maximum atomic E-state index is 15.3. The fourth-order valence-corrected chi connectivity index (χ4v) is 12.9. The molecule has 95 heavy (non-hydrogen) atoms. The Morgan fingerprint density at radius 2 is 0.916 bits per heavy atom. The fourth-order valence-electron chi connectivity index (χ4n) is 12.9. The van der Waals surface area contributed by atoms with Crippen LogP contribution in [0.15, 0.2) is 0 Å². The lowest BCUT2D eigenvalue weighted by Crippen LogP contribution is -2.64. The molecule has 0 aromatic rings. The molecular formula is C69H127N13O13. The highest BCUT2D eigenvalue weighted by atomic mass is 16.5. The third-order valence-electron chi connectivity index (χ3n) is 19.2. The van der Waals surface area contributed by atoms with Crippen molar-refractivity contribution < 1.29 is 62.6 Å². The molecule has 14 atom stereocenters. The smallest absolute Gasteiger partial charge is 0.246 e. The monoisotopic (exact) mass is 1350 g/mol. The molecule has 5 N–H and O–H groups in total. The number of carbonyl (C=O) groups is 11. The molecule has 0 aliphatic carbocycles. The standard InChI is InChI=1S/C69H127N13O13/c1-26-28-29-45(13)58(83)57-62(87)72-50(27-2)65(90)74(18)49(17)64(89)79(23)56(46(14)39-82-32-30-81(31-33-82)34-35-95-25)61(86)73-54(43(9)10)68(93)75(19)51(36-40(3)4)60(85)70-47(15)59(84)71-48(16)63(88)76(20)52(37-41(5)6)66(91)77(21)53(38-42(7)8)67(92)78(22)55(44(11)12)69(94)80(57)24/h40-58,83H,26-39H2,1-25H3,(H,70,85)(H,71,84)(H,72,87)(H,73,86)/t45-,46+,47+,48-,49-,50+,51+,52+,53+,54+,55+,56+,57+,58-/m1/s1. The highest BCUT2D eigenvalue weighted by Gasteiger charge is 2.47. The van der Waals surface area contributed by atoms with Crippen LogP contribution in [0.3, 0.4) is 0 Å². The van der Waals surface area contributed by atoms with Crippen molar-refractivity contribution >= 4 is 65.0 Å². The Morgan fingerprint density at radius 3 is 1.40 bits per heavy atom. The Hall–Kier alpha value is -5.99. The molecule has 2 aliphatic heterocycles. The topological polar surface area (TPSA) is 295 Å². The van der Waals surface area contributed by atoms with Gasteiger partial charge < -0.3 is 70.3 Å². The lowest BCUT2D eigenvalue weighted by molar-refractivity contribution is -0.157. The molecule has 2 heterocycles. The van der Waals surface area contributed by atoms with E-state index >= 15 is 28.8 Å². The van der Waals surface area contributed by atoms with Crippen LogP contribution in [0.4, 0.5) is 0 Å². The Balaban J connectivity index is 3.04. The summed E-state index contributed by atoms with van der Waals surface area (Å²) in [4.78, 5) is 177. The number of methoxy groups -OCH3 is 1. The molecule has 0 radical (unpaired) electrons. The molecule has 26 heteroatoms. The minimum Gasteiger partial charge on any atom is -0.390 e. The number of hydrogen-bond donors (Lipinski definition) is 5. The van der Waals surface area contributed by atoms with Gasteiger partial charge in [0.15, 0.2) is 0 Å². The van der Waals surface area contributed by atoms with Gasteiger partial charge in [-0.2, -0.15) is 0 Å². The van der Waals surface area contributed by atoms with E-state index < -0.39 is 161 Å². The van der Waals surface area contributed by atoms with E-state index in [4.69, 9.17) is 4.74 Å². The van der Waals surface area contributed by atoms with E-state index in [9.17, 15) is 29.1 Å². The molecule has 0 aromatic heterocycles. The van der Waals surface area contributed by atoms with Crippen molar-refractivity contribution in [2.24, 2.45) is 41.4 Å². The van der Waals surface area contributed by atoms with Crippen LogP contribution in [0.25, 0.3) is 0 Å². The maximum absolute atomic E-state index is 15.3. The third-order valence-corrected chi connectivity index (χ3v) is 19.2. The van der Waals surface area contributed by atoms with Gasteiger partial charge in [0, 0.05) is 95.7 Å². The van der Waals surface area contributed by atoms with Gasteiger partial charge in [-0.25, -0.2) is 0 Å². The minimum absolute atomic E-state index is 0.0153. The average molecular weight is 1350 g/mol. The van der Waals surface area contributed by atoms with Gasteiger partial charge in [-0.1, -0.05) is 110 Å². The predicted molar refractivity (Wildman–Crippen MR) is 368 cm³/mol. The van der Waals surface area contributed by atoms with Crippen LogP contribution in [0.2, 0.25) is 0 Å². The fraction of sp³-hybridized carbons (Fsp3) is 0.841. The van der Waals surface area contributed by atoms with E-state index in [0.717, 1.165) is 31.0 Å². The zero-order valence-corrected chi connectivity index (χ0v) is 62.7. The van der Waals surface area contributed by atoms with E-state index in [1.54, 1.807) is 48.7 Å². The van der Waals surface area contributed by atoms with Gasteiger partial charge in [-0.3, -0.25) is 57.6 Å². The second kappa shape index (κ2) is 39.4. The Bertz CT molecular complexity index is 2550. The van der Waals surface area contributed by atoms with E-state index in [-0.39, 0.29) is 43.4 Å². The summed E-state index contributed by atoms with van der Waals surface area (Å²) in [5.74, 6) is -10.1. The quantitative estimate of drug-likeness (QED) is 0.117. The first-order valence-electron chi connectivity index (χ1n) is 34.8. The summed E-state index contributed by atoms with van der Waals surface area (Å²) in [6, 6.07) is -13.8. The SMILES string of the molecule is CCCC[C@@H](C)[C@@H](O)[C@H]1C(=O)N[C@@H](CC)C(=O)N(C)[C@H](C)C(=O)N(C)[C@@H]([C@@H](C)CN2CCN(CCOC)CC2)C(=O)N[C@@H](C(C)C)C(=O)N(C)[C@@H](CC(C)C)C(=O)N[C@@H](C)C(=O)N[C@H](C)C(=O)N(C)[C@@H](CC(C)C)C(=O)N(C)[C@@H](CC(C)C)C(=O)N(C)[C@@H](C(C)C)C(=O)N1C. The van der Waals surface area contributed by atoms with Gasteiger partial charge in [-0.15, -0.1) is 0 Å². The van der Waals surface area contributed by atoms with Gasteiger partial charge in [0.2, 0.25) is 65.0 Å². The number of unbranched alkanes of at least 4 members (excludes halogenated alkanes) is 1. The van der Waals surface area contributed by atoms with E-state index in [0.29, 0.717) is 39.1 Å². The number of piperazine rings is 1. The Labute approximate surface area is 569 Å². The molecule has 2 rings (SSSR count). The van der Waals surface area contributed by atoms with Gasteiger partial charge in [0.25, 0.3) is 0 Å². The number of hydrogen-bond acceptors (Lipinski definition) is 15. The van der Waals surface area contributed by atoms with Gasteiger partial charge in [-0.05, 0) is 94.3 Å². The molecule has 2 saturated heterocycles.